The molecule has 1 unspecified atom stereocenters. The number of nitrogens with one attached hydrogen (secondary N) is 2. The molecule has 1 aromatic carbocycles. The predicted octanol–water partition coefficient (Wildman–Crippen LogP) is 3.47. The van der Waals surface area contributed by atoms with Crippen molar-refractivity contribution in [3.05, 3.63) is 54.0 Å². The van der Waals surface area contributed by atoms with E-state index in [9.17, 15) is 18.0 Å². The molecule has 1 saturated heterocycles. The van der Waals surface area contributed by atoms with Crippen LogP contribution in [0.25, 0.3) is 0 Å². The van der Waals surface area contributed by atoms with Gasteiger partial charge in [0.15, 0.2) is 0 Å². The highest BCUT2D eigenvalue weighted by molar-refractivity contribution is 5.85. The highest BCUT2D eigenvalue weighted by atomic mass is 35.5. The Hall–Kier alpha value is -2.03. The average molecular weight is 424 g/mol. The number of ether oxygens (including phenoxy) is 1. The molecule has 0 radical (unpaired) electrons. The zero-order valence-corrected chi connectivity index (χ0v) is 15.6. The third-order valence-corrected chi connectivity index (χ3v) is 3.73. The van der Waals surface area contributed by atoms with E-state index in [1.165, 1.54) is 30.5 Å². The average Bonchev–Trinajstić information content (AvgIpc) is 2.96. The number of carbonyl (C=O) groups is 1. The van der Waals surface area contributed by atoms with E-state index in [-0.39, 0.29) is 37.2 Å². The molecule has 2 N–H and O–H groups in total. The van der Waals surface area contributed by atoms with Crippen LogP contribution in [-0.2, 0) is 11.3 Å². The first-order valence-corrected chi connectivity index (χ1v) is 7.69. The highest BCUT2D eigenvalue weighted by Crippen LogP contribution is 2.25. The number of amides is 1. The van der Waals surface area contributed by atoms with Gasteiger partial charge in [0.2, 0.25) is 11.8 Å². The molecule has 5 nitrogen and oxygen atoms in total. The monoisotopic (exact) mass is 423 g/mol. The number of benzene rings is 1. The van der Waals surface area contributed by atoms with Crippen molar-refractivity contribution in [3.63, 3.8) is 0 Å². The number of hydrogen-bond donors (Lipinski definition) is 2. The molecule has 1 aliphatic rings. The van der Waals surface area contributed by atoms with Crippen LogP contribution in [0.4, 0.5) is 13.2 Å². The number of hydrogen-bond acceptors (Lipinski definition) is 4. The van der Waals surface area contributed by atoms with Crippen LogP contribution in [0.15, 0.2) is 42.6 Å². The topological polar surface area (TPSA) is 63.2 Å². The Balaban J connectivity index is 0.00000182. The van der Waals surface area contributed by atoms with Gasteiger partial charge in [0.25, 0.3) is 5.92 Å². The van der Waals surface area contributed by atoms with Crippen molar-refractivity contribution in [2.45, 2.75) is 24.9 Å². The summed E-state index contributed by atoms with van der Waals surface area (Å²) in [6, 6.07) is 7.93. The molecule has 1 aromatic heterocycles. The Bertz CT molecular complexity index is 746. The number of aromatic nitrogens is 1. The van der Waals surface area contributed by atoms with E-state index in [0.717, 1.165) is 0 Å². The van der Waals surface area contributed by atoms with E-state index in [1.54, 1.807) is 12.1 Å². The third-order valence-electron chi connectivity index (χ3n) is 3.73. The molecular weight excluding hydrogens is 406 g/mol. The Morgan fingerprint density at radius 2 is 1.93 bits per heavy atom. The fraction of sp³-hybridized carbons (Fsp3) is 0.294. The quantitative estimate of drug-likeness (QED) is 0.772. The maximum atomic E-state index is 13.1. The Labute approximate surface area is 166 Å². The van der Waals surface area contributed by atoms with Crippen molar-refractivity contribution < 1.29 is 22.7 Å². The summed E-state index contributed by atoms with van der Waals surface area (Å²) < 4.78 is 44.4. The second kappa shape index (κ2) is 9.77. The third kappa shape index (κ3) is 6.57. The Kier molecular flexibility index (Phi) is 8.33. The van der Waals surface area contributed by atoms with E-state index in [2.05, 4.69) is 15.6 Å². The van der Waals surface area contributed by atoms with Crippen LogP contribution in [0.3, 0.4) is 0 Å². The van der Waals surface area contributed by atoms with E-state index in [4.69, 9.17) is 4.74 Å². The van der Waals surface area contributed by atoms with Gasteiger partial charge < -0.3 is 10.1 Å². The summed E-state index contributed by atoms with van der Waals surface area (Å²) in [5.41, 5.74) is 0.699. The van der Waals surface area contributed by atoms with Crippen LogP contribution in [0.5, 0.6) is 11.6 Å². The molecule has 10 heteroatoms. The molecule has 2 aromatic rings. The fourth-order valence-electron chi connectivity index (χ4n) is 2.41. The van der Waals surface area contributed by atoms with Crippen LogP contribution < -0.4 is 15.4 Å². The molecule has 3 rings (SSSR count). The lowest BCUT2D eigenvalue weighted by Crippen LogP contribution is -2.40. The zero-order valence-electron chi connectivity index (χ0n) is 14.0. The number of nitrogens with zero attached hydrogens (tertiary/aromatic N) is 1. The Morgan fingerprint density at radius 3 is 2.48 bits per heavy atom. The fourth-order valence-corrected chi connectivity index (χ4v) is 2.41. The van der Waals surface area contributed by atoms with Gasteiger partial charge in [-0.25, -0.2) is 18.2 Å². The largest absolute Gasteiger partial charge is 0.439 e. The second-order valence-corrected chi connectivity index (χ2v) is 5.77. The normalized spacial score (nSPS) is 17.4. The van der Waals surface area contributed by atoms with Gasteiger partial charge in [-0.05, 0) is 29.8 Å². The summed E-state index contributed by atoms with van der Waals surface area (Å²) in [6.45, 7) is -0.311. The zero-order chi connectivity index (χ0) is 17.9. The van der Waals surface area contributed by atoms with Gasteiger partial charge in [-0.2, -0.15) is 0 Å². The minimum absolute atomic E-state index is 0. The summed E-state index contributed by atoms with van der Waals surface area (Å²) >= 11 is 0. The smallest absolute Gasteiger partial charge is 0.262 e. The number of pyridine rings is 1. The molecular formula is C17H18Cl2F3N3O2. The molecule has 148 valence electrons. The number of rotatable bonds is 5. The lowest BCUT2D eigenvalue weighted by Gasteiger charge is -2.11. The standard InChI is InChI=1S/C17H16F3N3O2.2ClH/c18-12-2-4-13(5-3-12)25-15-6-1-11(8-21-15)9-22-16(24)14-7-17(19,20)10-23-14;;/h1-6,8,14,23H,7,9-10H2,(H,22,24);2*1H. The molecule has 0 aliphatic carbocycles. The van der Waals surface area contributed by atoms with Crippen LogP contribution in [0.1, 0.15) is 12.0 Å². The van der Waals surface area contributed by atoms with E-state index in [0.29, 0.717) is 17.2 Å². The van der Waals surface area contributed by atoms with Gasteiger partial charge in [-0.1, -0.05) is 6.07 Å². The van der Waals surface area contributed by atoms with Crippen molar-refractivity contribution in [2.24, 2.45) is 0 Å². The summed E-state index contributed by atoms with van der Waals surface area (Å²) in [5, 5.41) is 5.10. The molecule has 27 heavy (non-hydrogen) atoms. The minimum atomic E-state index is -2.84. The summed E-state index contributed by atoms with van der Waals surface area (Å²) in [7, 11) is 0. The predicted molar refractivity (Wildman–Crippen MR) is 98.4 cm³/mol. The lowest BCUT2D eigenvalue weighted by atomic mass is 10.2. The minimum Gasteiger partial charge on any atom is -0.439 e. The van der Waals surface area contributed by atoms with E-state index >= 15 is 0 Å². The van der Waals surface area contributed by atoms with Gasteiger partial charge in [-0.15, -0.1) is 24.8 Å². The lowest BCUT2D eigenvalue weighted by molar-refractivity contribution is -0.123. The molecule has 0 spiro atoms. The first kappa shape index (κ1) is 23.0. The number of halogens is 5. The van der Waals surface area contributed by atoms with E-state index in [1.807, 2.05) is 0 Å². The summed E-state index contributed by atoms with van der Waals surface area (Å²) in [5.74, 6) is -2.91. The molecule has 1 aliphatic heterocycles. The van der Waals surface area contributed by atoms with Crippen molar-refractivity contribution in [1.82, 2.24) is 15.6 Å². The van der Waals surface area contributed by atoms with Gasteiger partial charge in [0.1, 0.15) is 11.6 Å². The molecule has 0 saturated carbocycles. The maximum absolute atomic E-state index is 13.1. The van der Waals surface area contributed by atoms with Crippen molar-refractivity contribution in [2.75, 3.05) is 6.54 Å². The molecule has 1 fully saturated rings. The van der Waals surface area contributed by atoms with Crippen molar-refractivity contribution in [3.8, 4) is 11.6 Å². The molecule has 1 atom stereocenters. The van der Waals surface area contributed by atoms with Crippen LogP contribution in [0, 0.1) is 5.82 Å². The second-order valence-electron chi connectivity index (χ2n) is 5.77. The SMILES string of the molecule is Cl.Cl.O=C(NCc1ccc(Oc2ccc(F)cc2)nc1)C1CC(F)(F)CN1. The first-order valence-electron chi connectivity index (χ1n) is 7.69. The molecule has 1 amide bonds. The maximum Gasteiger partial charge on any atom is 0.262 e. The van der Waals surface area contributed by atoms with E-state index < -0.39 is 30.8 Å². The highest BCUT2D eigenvalue weighted by Gasteiger charge is 2.42. The van der Waals surface area contributed by atoms with Crippen molar-refractivity contribution >= 4 is 30.7 Å². The van der Waals surface area contributed by atoms with Gasteiger partial charge in [0.05, 0.1) is 12.6 Å². The number of carbonyl (C=O) groups excluding carboxylic acids is 1. The van der Waals surface area contributed by atoms with Gasteiger partial charge in [0, 0.05) is 25.2 Å². The van der Waals surface area contributed by atoms with Crippen LogP contribution >= 0.6 is 24.8 Å². The summed E-state index contributed by atoms with van der Waals surface area (Å²) in [4.78, 5) is 16.0. The summed E-state index contributed by atoms with van der Waals surface area (Å²) in [6.07, 6.45) is 1.01. The van der Waals surface area contributed by atoms with Gasteiger partial charge in [-0.3, -0.25) is 10.1 Å². The van der Waals surface area contributed by atoms with Gasteiger partial charge >= 0.3 is 0 Å². The number of alkyl halides is 2. The Morgan fingerprint density at radius 1 is 1.22 bits per heavy atom. The first-order chi connectivity index (χ1) is 11.9. The van der Waals surface area contributed by atoms with Crippen molar-refractivity contribution in [1.29, 1.82) is 0 Å². The van der Waals surface area contributed by atoms with Crippen LogP contribution in [-0.4, -0.2) is 29.4 Å². The molecule has 2 heterocycles. The van der Waals surface area contributed by atoms with Crippen LogP contribution in [0.2, 0.25) is 0 Å². The molecule has 0 bridgehead atoms.